The van der Waals surface area contributed by atoms with Crippen LogP contribution in [0.15, 0.2) is 58.3 Å². The lowest BCUT2D eigenvalue weighted by molar-refractivity contribution is 0.183. The van der Waals surface area contributed by atoms with Crippen molar-refractivity contribution in [3.8, 4) is 0 Å². The maximum absolute atomic E-state index is 11.6. The summed E-state index contributed by atoms with van der Waals surface area (Å²) in [5, 5.41) is 3.51. The normalized spacial score (nSPS) is 16.1. The fourth-order valence-corrected chi connectivity index (χ4v) is 4.90. The molecule has 1 aliphatic heterocycles. The fourth-order valence-electron chi connectivity index (χ4n) is 3.86. The number of hydrogen-bond donors (Lipinski definition) is 1. The predicted octanol–water partition coefficient (Wildman–Crippen LogP) is 4.57. The Morgan fingerprint density at radius 3 is 2.28 bits per heavy atom. The molecule has 2 aromatic rings. The summed E-state index contributed by atoms with van der Waals surface area (Å²) >= 11 is 1.77. The first-order valence-corrected chi connectivity index (χ1v) is 13.4. The van der Waals surface area contributed by atoms with Gasteiger partial charge in [0.25, 0.3) is 0 Å². The van der Waals surface area contributed by atoms with Crippen molar-refractivity contribution in [1.82, 2.24) is 4.90 Å². The summed E-state index contributed by atoms with van der Waals surface area (Å²) in [5.41, 5.74) is 2.44. The first-order chi connectivity index (χ1) is 13.9. The molecule has 1 fully saturated rings. The smallest absolute Gasteiger partial charge is 0.175 e. The summed E-state index contributed by atoms with van der Waals surface area (Å²) in [7, 11) is -3.10. The van der Waals surface area contributed by atoms with Gasteiger partial charge >= 0.3 is 0 Å². The summed E-state index contributed by atoms with van der Waals surface area (Å²) in [4.78, 5) is 4.27. The second-order valence-electron chi connectivity index (χ2n) is 7.91. The van der Waals surface area contributed by atoms with Gasteiger partial charge in [0, 0.05) is 23.4 Å². The lowest BCUT2D eigenvalue weighted by Gasteiger charge is -2.32. The van der Waals surface area contributed by atoms with Gasteiger partial charge in [-0.3, -0.25) is 0 Å². The van der Waals surface area contributed by atoms with Gasteiger partial charge in [0.05, 0.1) is 4.90 Å². The molecule has 0 bridgehead atoms. The van der Waals surface area contributed by atoms with Crippen molar-refractivity contribution in [2.45, 2.75) is 35.5 Å². The number of likely N-dealkylation sites (tertiary alicyclic amines) is 1. The van der Waals surface area contributed by atoms with Crippen LogP contribution in [0.25, 0.3) is 0 Å². The van der Waals surface area contributed by atoms with E-state index in [1.54, 1.807) is 23.9 Å². The maximum Gasteiger partial charge on any atom is 0.175 e. The Hall–Kier alpha value is -1.50. The van der Waals surface area contributed by atoms with E-state index in [0.29, 0.717) is 10.8 Å². The van der Waals surface area contributed by atoms with Gasteiger partial charge in [-0.25, -0.2) is 8.42 Å². The van der Waals surface area contributed by atoms with Crippen LogP contribution in [0.5, 0.6) is 0 Å². The zero-order valence-electron chi connectivity index (χ0n) is 17.4. The van der Waals surface area contributed by atoms with Crippen LogP contribution < -0.4 is 5.32 Å². The Morgan fingerprint density at radius 2 is 1.69 bits per heavy atom. The molecule has 3 rings (SSSR count). The number of anilines is 1. The standard InChI is InChI=1S/C23H32N2O2S2/c1-28-22-8-6-21(7-9-22)24-14-3-15-25-16-12-20(13-17-25)18-19-4-10-23(11-5-19)29(2,26)27/h4-11,20,24H,3,12-18H2,1-2H3. The van der Waals surface area contributed by atoms with Gasteiger partial charge in [-0.1, -0.05) is 12.1 Å². The van der Waals surface area contributed by atoms with Gasteiger partial charge in [0.1, 0.15) is 0 Å². The fraction of sp³-hybridized carbons (Fsp3) is 0.478. The molecule has 0 atom stereocenters. The van der Waals surface area contributed by atoms with Crippen molar-refractivity contribution < 1.29 is 8.42 Å². The van der Waals surface area contributed by atoms with Gasteiger partial charge < -0.3 is 10.2 Å². The summed E-state index contributed by atoms with van der Waals surface area (Å²) in [6.07, 6.45) is 8.00. The van der Waals surface area contributed by atoms with Crippen molar-refractivity contribution >= 4 is 27.3 Å². The van der Waals surface area contributed by atoms with E-state index in [1.165, 1.54) is 35.2 Å². The number of hydrogen-bond acceptors (Lipinski definition) is 5. The third-order valence-corrected chi connectivity index (χ3v) is 7.53. The Balaban J connectivity index is 1.33. The quantitative estimate of drug-likeness (QED) is 0.465. The second-order valence-corrected chi connectivity index (χ2v) is 10.8. The summed E-state index contributed by atoms with van der Waals surface area (Å²) in [5.74, 6) is 0.698. The second kappa shape index (κ2) is 10.5. The number of thioether (sulfide) groups is 1. The van der Waals surface area contributed by atoms with Crippen LogP contribution in [0.1, 0.15) is 24.8 Å². The number of nitrogens with zero attached hydrogens (tertiary/aromatic N) is 1. The van der Waals surface area contributed by atoms with E-state index in [0.717, 1.165) is 39.0 Å². The third-order valence-electron chi connectivity index (χ3n) is 5.65. The Morgan fingerprint density at radius 1 is 1.03 bits per heavy atom. The van der Waals surface area contributed by atoms with Crippen molar-refractivity contribution in [3.63, 3.8) is 0 Å². The molecule has 0 amide bonds. The summed E-state index contributed by atoms with van der Waals surface area (Å²) < 4.78 is 23.1. The van der Waals surface area contributed by atoms with E-state index in [1.807, 2.05) is 12.1 Å². The molecule has 0 spiro atoms. The molecule has 4 nitrogen and oxygen atoms in total. The van der Waals surface area contributed by atoms with Crippen LogP contribution >= 0.6 is 11.8 Å². The highest BCUT2D eigenvalue weighted by molar-refractivity contribution is 7.98. The minimum atomic E-state index is -3.10. The number of rotatable bonds is 9. The average Bonchev–Trinajstić information content (AvgIpc) is 2.72. The van der Waals surface area contributed by atoms with E-state index in [-0.39, 0.29) is 0 Å². The van der Waals surface area contributed by atoms with E-state index in [9.17, 15) is 8.42 Å². The lowest BCUT2D eigenvalue weighted by Crippen LogP contribution is -2.35. The van der Waals surface area contributed by atoms with E-state index < -0.39 is 9.84 Å². The molecule has 1 aliphatic rings. The molecule has 1 N–H and O–H groups in total. The van der Waals surface area contributed by atoms with E-state index >= 15 is 0 Å². The van der Waals surface area contributed by atoms with Crippen LogP contribution in [0.4, 0.5) is 5.69 Å². The number of nitrogens with one attached hydrogen (secondary N) is 1. The maximum atomic E-state index is 11.6. The largest absolute Gasteiger partial charge is 0.385 e. The highest BCUT2D eigenvalue weighted by Crippen LogP contribution is 2.23. The third kappa shape index (κ3) is 7.05. The number of piperidine rings is 1. The molecular formula is C23H32N2O2S2. The Bertz CT molecular complexity index is 857. The highest BCUT2D eigenvalue weighted by atomic mass is 32.2. The molecule has 0 unspecified atom stereocenters. The minimum Gasteiger partial charge on any atom is -0.385 e. The van der Waals surface area contributed by atoms with Gasteiger partial charge in [-0.15, -0.1) is 11.8 Å². The predicted molar refractivity (Wildman–Crippen MR) is 124 cm³/mol. The molecule has 0 aliphatic carbocycles. The number of sulfone groups is 1. The van der Waals surface area contributed by atoms with Crippen LogP contribution in [-0.4, -0.2) is 52.0 Å². The van der Waals surface area contributed by atoms with Crippen LogP contribution in [0.2, 0.25) is 0 Å². The lowest BCUT2D eigenvalue weighted by atomic mass is 9.90. The average molecular weight is 433 g/mol. The monoisotopic (exact) mass is 432 g/mol. The van der Waals surface area contributed by atoms with Crippen LogP contribution in [0.3, 0.4) is 0 Å². The Labute approximate surface area is 180 Å². The topological polar surface area (TPSA) is 49.4 Å². The summed E-state index contributed by atoms with van der Waals surface area (Å²) in [6.45, 7) is 4.47. The van der Waals surface area contributed by atoms with Crippen LogP contribution in [0, 0.1) is 5.92 Å². The van der Waals surface area contributed by atoms with Crippen molar-refractivity contribution in [3.05, 3.63) is 54.1 Å². The van der Waals surface area contributed by atoms with Crippen molar-refractivity contribution in [2.75, 3.05) is 44.0 Å². The molecule has 0 aromatic heterocycles. The summed E-state index contributed by atoms with van der Waals surface area (Å²) in [6, 6.07) is 16.0. The molecule has 1 heterocycles. The van der Waals surface area contributed by atoms with E-state index in [2.05, 4.69) is 40.7 Å². The molecule has 158 valence electrons. The molecule has 29 heavy (non-hydrogen) atoms. The minimum absolute atomic E-state index is 0.407. The molecule has 2 aromatic carbocycles. The molecular weight excluding hydrogens is 400 g/mol. The number of benzene rings is 2. The zero-order valence-corrected chi connectivity index (χ0v) is 19.1. The van der Waals surface area contributed by atoms with Gasteiger partial charge in [0.2, 0.25) is 0 Å². The SMILES string of the molecule is CSc1ccc(NCCCN2CCC(Cc3ccc(S(C)(=O)=O)cc3)CC2)cc1. The van der Waals surface area contributed by atoms with Crippen molar-refractivity contribution in [1.29, 1.82) is 0 Å². The van der Waals surface area contributed by atoms with Crippen LogP contribution in [-0.2, 0) is 16.3 Å². The zero-order chi connectivity index (χ0) is 20.7. The van der Waals surface area contributed by atoms with Gasteiger partial charge in [-0.05, 0) is 99.5 Å². The first-order valence-electron chi connectivity index (χ1n) is 10.3. The van der Waals surface area contributed by atoms with Crippen molar-refractivity contribution in [2.24, 2.45) is 5.92 Å². The first kappa shape index (κ1) is 22.2. The molecule has 1 saturated heterocycles. The van der Waals surface area contributed by atoms with Gasteiger partial charge in [-0.2, -0.15) is 0 Å². The van der Waals surface area contributed by atoms with Gasteiger partial charge in [0.15, 0.2) is 9.84 Å². The molecule has 6 heteroatoms. The Kier molecular flexibility index (Phi) is 8.04. The van der Waals surface area contributed by atoms with E-state index in [4.69, 9.17) is 0 Å². The highest BCUT2D eigenvalue weighted by Gasteiger charge is 2.19. The molecule has 0 radical (unpaired) electrons. The molecule has 0 saturated carbocycles.